The molecule has 152 valence electrons. The van der Waals surface area contributed by atoms with Gasteiger partial charge in [0.25, 0.3) is 0 Å². The molecule has 2 aromatic carbocycles. The van der Waals surface area contributed by atoms with Crippen molar-refractivity contribution in [3.63, 3.8) is 0 Å². The Morgan fingerprint density at radius 2 is 1.21 bits per heavy atom. The van der Waals surface area contributed by atoms with Crippen LogP contribution in [0.5, 0.6) is 0 Å². The molecule has 0 unspecified atom stereocenters. The summed E-state index contributed by atoms with van der Waals surface area (Å²) in [6.45, 7) is 6.77. The molecule has 2 heteroatoms. The standard InChI is InChI=1S/C14H11O.C8H18.C4H9.Sn/c1-11-7-9-13(10-8-11)14(15)12-5-3-2-4-6-12;1-3-5-7-8-6-4-2;1-3-4-2;/h2-10H,1H2;3-8H2,1-2H3;1,3-4H2,2H3;. The average molecular weight is 485 g/mol. The van der Waals surface area contributed by atoms with Crippen LogP contribution < -0.4 is 0 Å². The van der Waals surface area contributed by atoms with Gasteiger partial charge in [-0.1, -0.05) is 52.4 Å². The molecule has 0 bridgehead atoms. The van der Waals surface area contributed by atoms with Gasteiger partial charge in [0, 0.05) is 0 Å². The van der Waals surface area contributed by atoms with E-state index in [4.69, 9.17) is 0 Å². The molecule has 0 saturated heterocycles. The number of carbonyl (C=O) groups excluding carboxylic acids is 1. The van der Waals surface area contributed by atoms with Crippen molar-refractivity contribution in [3.05, 3.63) is 71.3 Å². The summed E-state index contributed by atoms with van der Waals surface area (Å²) in [4.78, 5) is 12.3. The zero-order valence-electron chi connectivity index (χ0n) is 18.2. The van der Waals surface area contributed by atoms with Crippen molar-refractivity contribution >= 4 is 26.9 Å². The van der Waals surface area contributed by atoms with Gasteiger partial charge < -0.3 is 0 Å². The third-order valence-electron chi connectivity index (χ3n) is 4.75. The molecule has 0 atom stereocenters. The van der Waals surface area contributed by atoms with Crippen LogP contribution in [0.1, 0.15) is 93.6 Å². The molecule has 0 aromatic heterocycles. The fourth-order valence-electron chi connectivity index (χ4n) is 2.92. The van der Waals surface area contributed by atoms with Gasteiger partial charge in [-0.05, 0) is 0 Å². The first-order valence-corrected chi connectivity index (χ1v) is 15.2. The molecule has 0 aliphatic carbocycles. The third kappa shape index (κ3) is 11.0. The summed E-state index contributed by atoms with van der Waals surface area (Å²) in [6, 6.07) is 17.7. The predicted molar refractivity (Wildman–Crippen MR) is 125 cm³/mol. The van der Waals surface area contributed by atoms with Crippen LogP contribution in [0, 0.1) is 0 Å². The van der Waals surface area contributed by atoms with Gasteiger partial charge in [0.15, 0.2) is 0 Å². The van der Waals surface area contributed by atoms with Gasteiger partial charge in [0.1, 0.15) is 0 Å². The molecule has 2 rings (SSSR count). The van der Waals surface area contributed by atoms with E-state index in [0.717, 1.165) is 11.1 Å². The molecule has 2 radical (unpaired) electrons. The zero-order chi connectivity index (χ0) is 20.5. The number of ketones is 1. The molecule has 0 aliphatic rings. The van der Waals surface area contributed by atoms with Crippen LogP contribution in [0.2, 0.25) is 4.44 Å². The minimum atomic E-state index is -0.234. The molecule has 0 saturated carbocycles. The van der Waals surface area contributed by atoms with E-state index in [2.05, 4.69) is 32.9 Å². The van der Waals surface area contributed by atoms with Crippen LogP contribution in [-0.2, 0) is 4.44 Å². The van der Waals surface area contributed by atoms with E-state index in [9.17, 15) is 4.79 Å². The van der Waals surface area contributed by atoms with Gasteiger partial charge >= 0.3 is 132 Å². The van der Waals surface area contributed by atoms with Gasteiger partial charge in [0.2, 0.25) is 0 Å². The second kappa shape index (κ2) is 16.8. The Bertz CT molecular complexity index is 613. The third-order valence-corrected chi connectivity index (χ3v) is 8.64. The molecule has 0 spiro atoms. The topological polar surface area (TPSA) is 17.1 Å². The molecule has 2 aromatic rings. The Labute approximate surface area is 183 Å². The van der Waals surface area contributed by atoms with Crippen LogP contribution in [0.4, 0.5) is 0 Å². The predicted octanol–water partition coefficient (Wildman–Crippen LogP) is 7.71. The molecule has 0 heterocycles. The molecule has 0 aliphatic heterocycles. The van der Waals surface area contributed by atoms with E-state index >= 15 is 0 Å². The van der Waals surface area contributed by atoms with Crippen molar-refractivity contribution < 1.29 is 4.79 Å². The second-order valence-electron chi connectivity index (χ2n) is 7.34. The zero-order valence-corrected chi connectivity index (χ0v) is 21.0. The van der Waals surface area contributed by atoms with E-state index in [1.807, 2.05) is 42.5 Å². The van der Waals surface area contributed by atoms with E-state index < -0.39 is 0 Å². The summed E-state index contributed by atoms with van der Waals surface area (Å²) in [6.07, 6.45) is 11.2. The number of carbonyl (C=O) groups is 1. The van der Waals surface area contributed by atoms with E-state index in [1.165, 1.54) is 65.8 Å². The number of rotatable bonds is 12. The van der Waals surface area contributed by atoms with Gasteiger partial charge in [-0.3, -0.25) is 0 Å². The molecular weight excluding hydrogens is 447 g/mol. The van der Waals surface area contributed by atoms with Crippen molar-refractivity contribution in [2.24, 2.45) is 0 Å². The van der Waals surface area contributed by atoms with Crippen molar-refractivity contribution in [3.8, 4) is 0 Å². The molecule has 0 fully saturated rings. The fraction of sp³-hybridized carbons (Fsp3) is 0.500. The Balaban J connectivity index is 0.000000416. The Kier molecular flexibility index (Phi) is 15.0. The number of benzene rings is 2. The first-order valence-electron chi connectivity index (χ1n) is 11.1. The molecule has 0 amide bonds. The van der Waals surface area contributed by atoms with Crippen LogP contribution >= 0.6 is 0 Å². The van der Waals surface area contributed by atoms with Gasteiger partial charge in [-0.2, -0.15) is 0 Å². The van der Waals surface area contributed by atoms with Crippen LogP contribution in [0.15, 0.2) is 54.6 Å². The number of hydrogen-bond donors (Lipinski definition) is 0. The van der Waals surface area contributed by atoms with E-state index in [-0.39, 0.29) is 26.9 Å². The monoisotopic (exact) mass is 486 g/mol. The number of unbranched alkanes of at least 4 members (excludes halogenated alkanes) is 6. The quantitative estimate of drug-likeness (QED) is 0.171. The SMILES string of the molecule is CCCCCCCC.CCC[CH2][Sn][CH2]c1ccc(C(=O)c2ccccc2)cc1. The Morgan fingerprint density at radius 3 is 1.75 bits per heavy atom. The molecule has 1 nitrogen and oxygen atoms in total. The summed E-state index contributed by atoms with van der Waals surface area (Å²) in [7, 11) is 0. The summed E-state index contributed by atoms with van der Waals surface area (Å²) in [5, 5.41) is 0. The van der Waals surface area contributed by atoms with Crippen LogP contribution in [0.3, 0.4) is 0 Å². The van der Waals surface area contributed by atoms with Crippen LogP contribution in [-0.4, -0.2) is 26.9 Å². The molecule has 0 N–H and O–H groups in total. The van der Waals surface area contributed by atoms with E-state index in [0.29, 0.717) is 0 Å². The molecular formula is C26H38OSn. The fourth-order valence-corrected chi connectivity index (χ4v) is 6.64. The maximum atomic E-state index is 12.3. The summed E-state index contributed by atoms with van der Waals surface area (Å²) in [5.41, 5.74) is 2.95. The summed E-state index contributed by atoms with van der Waals surface area (Å²) < 4.78 is 2.74. The maximum absolute atomic E-state index is 12.3. The normalized spacial score (nSPS) is 10.2. The van der Waals surface area contributed by atoms with Crippen LogP contribution in [0.25, 0.3) is 0 Å². The average Bonchev–Trinajstić information content (AvgIpc) is 2.75. The van der Waals surface area contributed by atoms with Gasteiger partial charge in [-0.25, -0.2) is 0 Å². The number of hydrogen-bond acceptors (Lipinski definition) is 1. The van der Waals surface area contributed by atoms with Gasteiger partial charge in [-0.15, -0.1) is 0 Å². The Morgan fingerprint density at radius 1 is 0.679 bits per heavy atom. The van der Waals surface area contributed by atoms with Crippen molar-refractivity contribution in [2.45, 2.75) is 81.0 Å². The Hall–Kier alpha value is -1.09. The summed E-state index contributed by atoms with van der Waals surface area (Å²) >= 11 is -0.234. The van der Waals surface area contributed by atoms with Crippen molar-refractivity contribution in [2.75, 3.05) is 0 Å². The van der Waals surface area contributed by atoms with Gasteiger partial charge in [0.05, 0.1) is 0 Å². The first kappa shape index (κ1) is 24.9. The van der Waals surface area contributed by atoms with Crippen molar-refractivity contribution in [1.29, 1.82) is 0 Å². The minimum absolute atomic E-state index is 0.114. The van der Waals surface area contributed by atoms with E-state index in [1.54, 1.807) is 0 Å². The molecule has 28 heavy (non-hydrogen) atoms. The summed E-state index contributed by atoms with van der Waals surface area (Å²) in [5.74, 6) is 0.114. The first-order chi connectivity index (χ1) is 13.7. The van der Waals surface area contributed by atoms with Crippen molar-refractivity contribution in [1.82, 2.24) is 0 Å². The second-order valence-corrected chi connectivity index (χ2v) is 11.2.